The van der Waals surface area contributed by atoms with E-state index >= 15 is 0 Å². The molecule has 2 rings (SSSR count). The van der Waals surface area contributed by atoms with Crippen LogP contribution in [0.1, 0.15) is 23.7 Å². The largest absolute Gasteiger partial charge is 0.481 e. The van der Waals surface area contributed by atoms with Crippen LogP contribution in [0.5, 0.6) is 5.88 Å². The molecule has 9 heteroatoms. The first-order valence-electron chi connectivity index (χ1n) is 6.79. The van der Waals surface area contributed by atoms with Crippen LogP contribution in [0.4, 0.5) is 13.2 Å². The van der Waals surface area contributed by atoms with Crippen LogP contribution in [0.25, 0.3) is 0 Å². The van der Waals surface area contributed by atoms with E-state index in [1.165, 1.54) is 17.0 Å². The maximum atomic E-state index is 12.3. The van der Waals surface area contributed by atoms with Crippen LogP contribution in [0.2, 0.25) is 0 Å². The number of carboxylic acids is 1. The highest BCUT2D eigenvalue weighted by Crippen LogP contribution is 2.31. The van der Waals surface area contributed by atoms with E-state index in [2.05, 4.69) is 9.72 Å². The maximum absolute atomic E-state index is 12.3. The van der Waals surface area contributed by atoms with Crippen molar-refractivity contribution < 1.29 is 32.6 Å². The topological polar surface area (TPSA) is 79.7 Å². The molecule has 1 saturated heterocycles. The number of hydrogen-bond acceptors (Lipinski definition) is 4. The zero-order valence-electron chi connectivity index (χ0n) is 12.3. The third-order valence-electron chi connectivity index (χ3n) is 3.64. The average molecular weight is 332 g/mol. The number of aliphatic carboxylic acids is 1. The molecule has 1 N–H and O–H groups in total. The van der Waals surface area contributed by atoms with E-state index in [-0.39, 0.29) is 18.0 Å². The summed E-state index contributed by atoms with van der Waals surface area (Å²) in [6.07, 6.45) is -3.01. The number of halogens is 3. The van der Waals surface area contributed by atoms with Crippen LogP contribution >= 0.6 is 0 Å². The van der Waals surface area contributed by atoms with Crippen molar-refractivity contribution in [3.05, 3.63) is 23.9 Å². The Morgan fingerprint density at radius 3 is 2.61 bits per heavy atom. The van der Waals surface area contributed by atoms with Gasteiger partial charge in [0.25, 0.3) is 5.91 Å². The molecular weight excluding hydrogens is 317 g/mol. The summed E-state index contributed by atoms with van der Waals surface area (Å²) in [4.78, 5) is 28.5. The van der Waals surface area contributed by atoms with Crippen molar-refractivity contribution in [3.8, 4) is 5.88 Å². The number of amides is 1. The summed E-state index contributed by atoms with van der Waals surface area (Å²) in [7, 11) is 0. The number of alkyl halides is 3. The first kappa shape index (κ1) is 17.0. The van der Waals surface area contributed by atoms with Gasteiger partial charge in [0.05, 0.1) is 11.0 Å². The van der Waals surface area contributed by atoms with Crippen molar-refractivity contribution in [1.29, 1.82) is 0 Å². The lowest BCUT2D eigenvalue weighted by Gasteiger charge is -2.20. The summed E-state index contributed by atoms with van der Waals surface area (Å²) >= 11 is 0. The third kappa shape index (κ3) is 4.11. The molecule has 23 heavy (non-hydrogen) atoms. The van der Waals surface area contributed by atoms with Gasteiger partial charge in [0, 0.05) is 25.4 Å². The van der Waals surface area contributed by atoms with Gasteiger partial charge in [-0.1, -0.05) is 0 Å². The van der Waals surface area contributed by atoms with Crippen molar-refractivity contribution in [1.82, 2.24) is 9.88 Å². The van der Waals surface area contributed by atoms with E-state index in [9.17, 15) is 22.8 Å². The first-order valence-corrected chi connectivity index (χ1v) is 6.79. The Morgan fingerprint density at radius 2 is 2.13 bits per heavy atom. The van der Waals surface area contributed by atoms with E-state index in [0.29, 0.717) is 13.0 Å². The van der Waals surface area contributed by atoms with Crippen molar-refractivity contribution in [3.63, 3.8) is 0 Å². The van der Waals surface area contributed by atoms with Gasteiger partial charge in [0.15, 0.2) is 6.61 Å². The van der Waals surface area contributed by atoms with Gasteiger partial charge >= 0.3 is 12.1 Å². The molecule has 1 aromatic heterocycles. The molecule has 1 fully saturated rings. The summed E-state index contributed by atoms with van der Waals surface area (Å²) in [5.74, 6) is -1.62. The maximum Gasteiger partial charge on any atom is 0.422 e. The Morgan fingerprint density at radius 1 is 1.43 bits per heavy atom. The van der Waals surface area contributed by atoms with Gasteiger partial charge in [-0.3, -0.25) is 9.59 Å². The highest BCUT2D eigenvalue weighted by molar-refractivity contribution is 5.94. The Labute approximate surface area is 129 Å². The number of nitrogens with zero attached hydrogens (tertiary/aromatic N) is 2. The minimum atomic E-state index is -4.47. The van der Waals surface area contributed by atoms with Gasteiger partial charge in [-0.2, -0.15) is 13.2 Å². The molecule has 0 aromatic carbocycles. The van der Waals surface area contributed by atoms with Crippen molar-refractivity contribution in [2.24, 2.45) is 5.41 Å². The zero-order valence-corrected chi connectivity index (χ0v) is 12.3. The van der Waals surface area contributed by atoms with Crippen LogP contribution in [0.3, 0.4) is 0 Å². The van der Waals surface area contributed by atoms with Gasteiger partial charge in [0.2, 0.25) is 5.88 Å². The van der Waals surface area contributed by atoms with Crippen molar-refractivity contribution >= 4 is 11.9 Å². The van der Waals surface area contributed by atoms with Crippen LogP contribution in [-0.2, 0) is 4.79 Å². The number of pyridine rings is 1. The predicted octanol–water partition coefficient (Wildman–Crippen LogP) is 1.96. The second-order valence-corrected chi connectivity index (χ2v) is 5.63. The van der Waals surface area contributed by atoms with Gasteiger partial charge in [-0.15, -0.1) is 0 Å². The molecule has 0 saturated carbocycles. The zero-order chi connectivity index (χ0) is 17.3. The summed E-state index contributed by atoms with van der Waals surface area (Å²) in [5.41, 5.74) is -0.822. The molecule has 1 aliphatic rings. The van der Waals surface area contributed by atoms with E-state index in [1.807, 2.05) is 0 Å². The summed E-state index contributed by atoms with van der Waals surface area (Å²) in [6.45, 7) is 0.479. The lowest BCUT2D eigenvalue weighted by molar-refractivity contribution is -0.154. The molecule has 1 aliphatic heterocycles. The van der Waals surface area contributed by atoms with Crippen LogP contribution in [0, 0.1) is 5.41 Å². The first-order chi connectivity index (χ1) is 10.6. The molecule has 1 amide bonds. The number of hydrogen-bond donors (Lipinski definition) is 1. The number of carbonyl (C=O) groups excluding carboxylic acids is 1. The summed E-state index contributed by atoms with van der Waals surface area (Å²) < 4.78 is 40.5. The molecule has 6 nitrogen and oxygen atoms in total. The van der Waals surface area contributed by atoms with E-state index in [0.717, 1.165) is 6.20 Å². The average Bonchev–Trinajstić information content (AvgIpc) is 2.88. The number of rotatable bonds is 4. The van der Waals surface area contributed by atoms with Gasteiger partial charge in [0.1, 0.15) is 0 Å². The smallest absolute Gasteiger partial charge is 0.422 e. The minimum absolute atomic E-state index is 0.0769. The number of likely N-dealkylation sites (tertiary alicyclic amines) is 1. The van der Waals surface area contributed by atoms with E-state index in [4.69, 9.17) is 5.11 Å². The Hall–Kier alpha value is -2.32. The second kappa shape index (κ2) is 6.05. The molecule has 1 aromatic rings. The standard InChI is InChI=1S/C14H15F3N2O4/c1-13(12(21)22)4-5-19(7-13)11(20)9-2-3-10(18-6-9)23-8-14(15,16)17/h2-3,6H,4-5,7-8H2,1H3,(H,21,22). The Balaban J connectivity index is 2.00. The van der Waals surface area contributed by atoms with Gasteiger partial charge < -0.3 is 14.7 Å². The molecule has 2 heterocycles. The molecule has 0 spiro atoms. The quantitative estimate of drug-likeness (QED) is 0.912. The fourth-order valence-electron chi connectivity index (χ4n) is 2.24. The second-order valence-electron chi connectivity index (χ2n) is 5.63. The highest BCUT2D eigenvalue weighted by atomic mass is 19.4. The van der Waals surface area contributed by atoms with Crippen molar-refractivity contribution in [2.45, 2.75) is 19.5 Å². The predicted molar refractivity (Wildman–Crippen MR) is 72.1 cm³/mol. The number of carboxylic acid groups (broad SMARTS) is 1. The summed E-state index contributed by atoms with van der Waals surface area (Å²) in [6, 6.07) is 2.48. The molecule has 0 aliphatic carbocycles. The van der Waals surface area contributed by atoms with Crippen LogP contribution in [-0.4, -0.2) is 52.7 Å². The molecule has 1 unspecified atom stereocenters. The third-order valence-corrected chi connectivity index (χ3v) is 3.64. The monoisotopic (exact) mass is 332 g/mol. The van der Waals surface area contributed by atoms with E-state index in [1.54, 1.807) is 6.92 Å². The fourth-order valence-corrected chi connectivity index (χ4v) is 2.24. The minimum Gasteiger partial charge on any atom is -0.481 e. The molecule has 0 radical (unpaired) electrons. The summed E-state index contributed by atoms with van der Waals surface area (Å²) in [5, 5.41) is 9.15. The molecule has 126 valence electrons. The molecule has 1 atom stereocenters. The van der Waals surface area contributed by atoms with Crippen molar-refractivity contribution in [2.75, 3.05) is 19.7 Å². The van der Waals surface area contributed by atoms with Crippen LogP contribution in [0.15, 0.2) is 18.3 Å². The normalized spacial score (nSPS) is 21.3. The van der Waals surface area contributed by atoms with E-state index < -0.39 is 30.1 Å². The molecular formula is C14H15F3N2O4. The van der Waals surface area contributed by atoms with Gasteiger partial charge in [-0.25, -0.2) is 4.98 Å². The SMILES string of the molecule is CC1(C(=O)O)CCN(C(=O)c2ccc(OCC(F)(F)F)nc2)C1. The van der Waals surface area contributed by atoms with Gasteiger partial charge in [-0.05, 0) is 19.4 Å². The Bertz CT molecular complexity index is 603. The van der Waals surface area contributed by atoms with Crippen LogP contribution < -0.4 is 4.74 Å². The lowest BCUT2D eigenvalue weighted by Crippen LogP contribution is -2.34. The lowest BCUT2D eigenvalue weighted by atomic mass is 9.90. The number of carbonyl (C=O) groups is 2. The number of aromatic nitrogens is 1. The highest BCUT2D eigenvalue weighted by Gasteiger charge is 2.42. The Kier molecular flexibility index (Phi) is 4.49. The number of ether oxygens (including phenoxy) is 1. The fraction of sp³-hybridized carbons (Fsp3) is 0.500. The molecule has 0 bridgehead atoms.